The van der Waals surface area contributed by atoms with Gasteiger partial charge >= 0.3 is 13.8 Å². The Morgan fingerprint density at radius 2 is 1.31 bits per heavy atom. The fraction of sp³-hybridized carbons (Fsp3) is 0.962. The molecule has 36 heavy (non-hydrogen) atoms. The van der Waals surface area contributed by atoms with Gasteiger partial charge in [-0.2, -0.15) is 0 Å². The highest BCUT2D eigenvalue weighted by Crippen LogP contribution is 2.43. The second-order valence-corrected chi connectivity index (χ2v) is 12.1. The van der Waals surface area contributed by atoms with Crippen LogP contribution in [0.5, 0.6) is 0 Å². The summed E-state index contributed by atoms with van der Waals surface area (Å²) in [4.78, 5) is 21.4. The molecule has 0 spiro atoms. The molecule has 2 atom stereocenters. The van der Waals surface area contributed by atoms with E-state index >= 15 is 0 Å². The van der Waals surface area contributed by atoms with Gasteiger partial charge in [0, 0.05) is 6.61 Å². The number of ether oxygens (including phenoxy) is 2. The van der Waals surface area contributed by atoms with E-state index in [4.69, 9.17) is 24.3 Å². The number of quaternary nitrogens is 1. The molecule has 0 aromatic rings. The van der Waals surface area contributed by atoms with Gasteiger partial charge in [-0.1, -0.05) is 90.4 Å². The Bertz CT molecular complexity index is 573. The maximum absolute atomic E-state index is 12.1. The standard InChI is InChI=1S/C26H55N2O7P/c1-5-6-7-8-9-10-11-12-13-14-15-16-17-18-20-32-23-25(35-26(29)22-27)24-34-36(30,31)33-21-19-28(2,3)4/h25H,5-24,27H2,1-4H3/p+1/t25-/m1/s1. The minimum Gasteiger partial charge on any atom is -0.456 e. The van der Waals surface area contributed by atoms with Crippen molar-refractivity contribution >= 4 is 13.8 Å². The Morgan fingerprint density at radius 3 is 1.78 bits per heavy atom. The lowest BCUT2D eigenvalue weighted by Gasteiger charge is -2.24. The van der Waals surface area contributed by atoms with Gasteiger partial charge in [0.25, 0.3) is 0 Å². The molecule has 9 nitrogen and oxygen atoms in total. The highest BCUT2D eigenvalue weighted by molar-refractivity contribution is 7.47. The van der Waals surface area contributed by atoms with Crippen molar-refractivity contribution in [1.82, 2.24) is 0 Å². The molecule has 0 bridgehead atoms. The molecule has 0 saturated carbocycles. The second-order valence-electron chi connectivity index (χ2n) is 10.6. The van der Waals surface area contributed by atoms with Crippen molar-refractivity contribution in [2.24, 2.45) is 5.73 Å². The lowest BCUT2D eigenvalue weighted by molar-refractivity contribution is -0.870. The zero-order valence-electron chi connectivity index (χ0n) is 23.6. The van der Waals surface area contributed by atoms with Crippen LogP contribution in [0.4, 0.5) is 0 Å². The van der Waals surface area contributed by atoms with Crippen molar-refractivity contribution < 1.29 is 37.3 Å². The predicted octanol–water partition coefficient (Wildman–Crippen LogP) is 5.19. The molecule has 0 aliphatic rings. The van der Waals surface area contributed by atoms with Gasteiger partial charge in [-0.05, 0) is 6.42 Å². The molecule has 10 heteroatoms. The largest absolute Gasteiger partial charge is 0.472 e. The Kier molecular flexibility index (Phi) is 22.1. The number of hydrogen-bond acceptors (Lipinski definition) is 7. The third-order valence-electron chi connectivity index (χ3n) is 5.85. The van der Waals surface area contributed by atoms with Crippen molar-refractivity contribution in [2.45, 2.75) is 103 Å². The molecule has 0 rings (SSSR count). The van der Waals surface area contributed by atoms with E-state index in [1.54, 1.807) is 0 Å². The molecule has 0 heterocycles. The first-order valence-corrected chi connectivity index (χ1v) is 15.5. The number of unbranched alkanes of at least 4 members (excludes halogenated alkanes) is 13. The number of nitrogens with zero attached hydrogens (tertiary/aromatic N) is 1. The smallest absolute Gasteiger partial charge is 0.456 e. The Balaban J connectivity index is 3.88. The van der Waals surface area contributed by atoms with Crippen LogP contribution in [0.3, 0.4) is 0 Å². The summed E-state index contributed by atoms with van der Waals surface area (Å²) < 4.78 is 33.5. The zero-order valence-corrected chi connectivity index (χ0v) is 24.5. The molecule has 0 aliphatic carbocycles. The molecule has 0 aliphatic heterocycles. The normalized spacial score (nSPS) is 14.5. The van der Waals surface area contributed by atoms with Crippen LogP contribution in [0.2, 0.25) is 0 Å². The molecule has 3 N–H and O–H groups in total. The van der Waals surface area contributed by atoms with Gasteiger partial charge in [-0.15, -0.1) is 0 Å². The minimum atomic E-state index is -4.25. The average molecular weight is 540 g/mol. The average Bonchev–Trinajstić information content (AvgIpc) is 2.81. The third kappa shape index (κ3) is 25.1. The molecular formula is C26H56N2O7P+. The molecule has 0 fully saturated rings. The van der Waals surface area contributed by atoms with Crippen molar-refractivity contribution in [1.29, 1.82) is 0 Å². The maximum Gasteiger partial charge on any atom is 0.472 e. The summed E-state index contributed by atoms with van der Waals surface area (Å²) in [5.41, 5.74) is 5.31. The molecular weight excluding hydrogens is 483 g/mol. The summed E-state index contributed by atoms with van der Waals surface area (Å²) in [7, 11) is 1.60. The van der Waals surface area contributed by atoms with Gasteiger partial charge in [0.2, 0.25) is 0 Å². The van der Waals surface area contributed by atoms with Crippen LogP contribution in [-0.2, 0) is 27.9 Å². The fourth-order valence-electron chi connectivity index (χ4n) is 3.61. The van der Waals surface area contributed by atoms with E-state index in [1.807, 2.05) is 21.1 Å². The Hall–Kier alpha value is -0.540. The predicted molar refractivity (Wildman–Crippen MR) is 145 cm³/mol. The van der Waals surface area contributed by atoms with Crippen LogP contribution in [0.15, 0.2) is 0 Å². The Labute approximate surface area is 220 Å². The summed E-state index contributed by atoms with van der Waals surface area (Å²) in [6.45, 7) is 2.89. The molecule has 0 aromatic heterocycles. The minimum absolute atomic E-state index is 0.0696. The Morgan fingerprint density at radius 1 is 0.806 bits per heavy atom. The lowest BCUT2D eigenvalue weighted by atomic mass is 10.0. The van der Waals surface area contributed by atoms with E-state index in [0.717, 1.165) is 12.8 Å². The van der Waals surface area contributed by atoms with Crippen molar-refractivity contribution in [3.05, 3.63) is 0 Å². The third-order valence-corrected chi connectivity index (χ3v) is 6.84. The number of carbonyl (C=O) groups is 1. The van der Waals surface area contributed by atoms with Crippen LogP contribution in [0.1, 0.15) is 96.8 Å². The van der Waals surface area contributed by atoms with E-state index in [-0.39, 0.29) is 26.4 Å². The molecule has 0 saturated heterocycles. The van der Waals surface area contributed by atoms with Gasteiger partial charge in [0.15, 0.2) is 0 Å². The topological polar surface area (TPSA) is 117 Å². The number of likely N-dealkylation sites (N-methyl/N-ethyl adjacent to an activating group) is 1. The molecule has 1 unspecified atom stereocenters. The second kappa shape index (κ2) is 22.4. The van der Waals surface area contributed by atoms with E-state index in [2.05, 4.69) is 6.92 Å². The van der Waals surface area contributed by atoms with E-state index in [1.165, 1.54) is 77.0 Å². The SMILES string of the molecule is CCCCCCCCCCCCCCCCOC[C@H](COP(=O)(O)OCC[N+](C)(C)C)OC(=O)CN. The van der Waals surface area contributed by atoms with Crippen molar-refractivity contribution in [3.8, 4) is 0 Å². The molecule has 216 valence electrons. The molecule has 0 radical (unpaired) electrons. The molecule has 0 amide bonds. The number of hydrogen-bond donors (Lipinski definition) is 2. The van der Waals surface area contributed by atoms with Crippen LogP contribution >= 0.6 is 7.82 Å². The number of nitrogens with two attached hydrogens (primary N) is 1. The summed E-state index contributed by atoms with van der Waals surface area (Å²) >= 11 is 0. The zero-order chi connectivity index (χ0) is 27.1. The molecule has 0 aromatic carbocycles. The van der Waals surface area contributed by atoms with Crippen LogP contribution in [-0.4, -0.2) is 82.1 Å². The lowest BCUT2D eigenvalue weighted by Crippen LogP contribution is -2.37. The van der Waals surface area contributed by atoms with Crippen molar-refractivity contribution in [2.75, 3.05) is 60.7 Å². The summed E-state index contributed by atoms with van der Waals surface area (Å²) in [5, 5.41) is 0. The van der Waals surface area contributed by atoms with Gasteiger partial charge in [0.05, 0.1) is 40.9 Å². The van der Waals surface area contributed by atoms with Gasteiger partial charge in [0.1, 0.15) is 19.3 Å². The summed E-state index contributed by atoms with van der Waals surface area (Å²) in [5.74, 6) is -0.623. The van der Waals surface area contributed by atoms with E-state index in [0.29, 0.717) is 17.6 Å². The number of carbonyl (C=O) groups excluding carboxylic acids is 1. The fourth-order valence-corrected chi connectivity index (χ4v) is 4.35. The highest BCUT2D eigenvalue weighted by atomic mass is 31.2. The number of rotatable bonds is 26. The van der Waals surface area contributed by atoms with Gasteiger partial charge < -0.3 is 24.6 Å². The van der Waals surface area contributed by atoms with Crippen LogP contribution in [0.25, 0.3) is 0 Å². The van der Waals surface area contributed by atoms with Crippen LogP contribution < -0.4 is 5.73 Å². The van der Waals surface area contributed by atoms with Gasteiger partial charge in [-0.25, -0.2) is 4.57 Å². The van der Waals surface area contributed by atoms with E-state index in [9.17, 15) is 14.3 Å². The number of phosphoric acid groups is 1. The monoisotopic (exact) mass is 539 g/mol. The highest BCUT2D eigenvalue weighted by Gasteiger charge is 2.26. The number of phosphoric ester groups is 1. The quantitative estimate of drug-likeness (QED) is 0.0667. The number of esters is 1. The first-order chi connectivity index (χ1) is 17.1. The van der Waals surface area contributed by atoms with Gasteiger partial charge in [-0.3, -0.25) is 13.8 Å². The summed E-state index contributed by atoms with van der Waals surface area (Å²) in [6.07, 6.45) is 17.2. The van der Waals surface area contributed by atoms with E-state index < -0.39 is 19.9 Å². The first-order valence-electron chi connectivity index (χ1n) is 14.0. The summed E-state index contributed by atoms with van der Waals surface area (Å²) in [6, 6.07) is 0. The van der Waals surface area contributed by atoms with Crippen molar-refractivity contribution in [3.63, 3.8) is 0 Å². The first kappa shape index (κ1) is 35.5. The van der Waals surface area contributed by atoms with Crippen LogP contribution in [0, 0.1) is 0 Å². The maximum atomic E-state index is 12.1.